The van der Waals surface area contributed by atoms with Gasteiger partial charge in [0.2, 0.25) is 5.91 Å². The Morgan fingerprint density at radius 2 is 1.48 bits per heavy atom. The normalized spacial score (nSPS) is 18.8. The molecule has 8 nitrogen and oxygen atoms in total. The molecule has 0 N–H and O–H groups in total. The summed E-state index contributed by atoms with van der Waals surface area (Å²) < 4.78 is 16.7. The van der Waals surface area contributed by atoms with Gasteiger partial charge in [0.1, 0.15) is 5.75 Å². The topological polar surface area (TPSA) is 71.6 Å². The number of likely N-dealkylation sites (N-methyl/N-ethyl adjacent to an activating group) is 1. The highest BCUT2D eigenvalue weighted by Crippen LogP contribution is 2.46. The summed E-state index contributed by atoms with van der Waals surface area (Å²) in [6, 6.07) is 19.1. The smallest absolute Gasteiger partial charge is 0.254 e. The van der Waals surface area contributed by atoms with E-state index in [9.17, 15) is 9.59 Å². The summed E-state index contributed by atoms with van der Waals surface area (Å²) in [5.74, 6) is 1.01. The van der Waals surface area contributed by atoms with Crippen molar-refractivity contribution >= 4 is 29.3 Å². The fourth-order valence-electron chi connectivity index (χ4n) is 5.79. The second-order valence-corrected chi connectivity index (χ2v) is 10.8. The quantitative estimate of drug-likeness (QED) is 0.388. The van der Waals surface area contributed by atoms with Crippen molar-refractivity contribution in [3.63, 3.8) is 0 Å². The summed E-state index contributed by atoms with van der Waals surface area (Å²) in [7, 11) is 6.55. The van der Waals surface area contributed by atoms with Crippen LogP contribution in [0.4, 0.5) is 5.69 Å². The Labute approximate surface area is 239 Å². The molecule has 3 aromatic rings. The monoisotopic (exact) mass is 561 g/mol. The van der Waals surface area contributed by atoms with E-state index in [0.717, 1.165) is 21.9 Å². The number of thioether (sulfide) groups is 1. The number of ether oxygens (including phenoxy) is 3. The Morgan fingerprint density at radius 1 is 0.850 bits per heavy atom. The molecule has 2 aliphatic heterocycles. The number of rotatable bonds is 7. The van der Waals surface area contributed by atoms with Gasteiger partial charge in [0, 0.05) is 43.7 Å². The summed E-state index contributed by atoms with van der Waals surface area (Å²) in [4.78, 5) is 35.1. The molecule has 9 heteroatoms. The maximum absolute atomic E-state index is 14.5. The lowest BCUT2D eigenvalue weighted by atomic mass is 9.78. The number of fused-ring (bicyclic) bond motifs is 1. The molecule has 2 heterocycles. The number of hydrogen-bond donors (Lipinski definition) is 0. The molecule has 0 aromatic heterocycles. The lowest BCUT2D eigenvalue weighted by molar-refractivity contribution is -0.134. The van der Waals surface area contributed by atoms with Crippen molar-refractivity contribution in [3.05, 3.63) is 77.4 Å². The predicted molar refractivity (Wildman–Crippen MR) is 157 cm³/mol. The second kappa shape index (κ2) is 11.7. The van der Waals surface area contributed by atoms with E-state index in [2.05, 4.69) is 4.90 Å². The lowest BCUT2D eigenvalue weighted by Crippen LogP contribution is -2.53. The number of anilines is 1. The molecule has 3 aromatic carbocycles. The van der Waals surface area contributed by atoms with Gasteiger partial charge in [-0.15, -0.1) is 11.8 Å². The molecular formula is C31H35N3O5S. The van der Waals surface area contributed by atoms with Gasteiger partial charge in [-0.2, -0.15) is 0 Å². The van der Waals surface area contributed by atoms with Crippen LogP contribution in [-0.2, 0) is 4.79 Å². The van der Waals surface area contributed by atoms with E-state index in [1.165, 1.54) is 0 Å². The van der Waals surface area contributed by atoms with Crippen LogP contribution < -0.4 is 19.1 Å². The zero-order valence-corrected chi connectivity index (χ0v) is 24.4. The van der Waals surface area contributed by atoms with Crippen LogP contribution in [0.1, 0.15) is 33.4 Å². The highest BCUT2D eigenvalue weighted by Gasteiger charge is 2.45. The maximum Gasteiger partial charge on any atom is 0.254 e. The predicted octanol–water partition coefficient (Wildman–Crippen LogP) is 4.69. The largest absolute Gasteiger partial charge is 0.495 e. The molecule has 2 atom stereocenters. The van der Waals surface area contributed by atoms with E-state index in [0.29, 0.717) is 48.8 Å². The number of nitrogens with zero attached hydrogens (tertiary/aromatic N) is 3. The SMILES string of the molecule is COc1cc2c(cc1OC)C(C(=O)N1CCN(c3ccccc3OC)CC1)C(c1ccc(SC)cc1)N(C)C2=O. The van der Waals surface area contributed by atoms with Crippen molar-refractivity contribution in [2.75, 3.05) is 65.7 Å². The van der Waals surface area contributed by atoms with Crippen LogP contribution in [0.25, 0.3) is 0 Å². The summed E-state index contributed by atoms with van der Waals surface area (Å²) in [5, 5.41) is 0. The average Bonchev–Trinajstić information content (AvgIpc) is 3.01. The van der Waals surface area contributed by atoms with Crippen LogP contribution in [-0.4, -0.2) is 82.4 Å². The minimum Gasteiger partial charge on any atom is -0.495 e. The number of carbonyl (C=O) groups is 2. The van der Waals surface area contributed by atoms with Gasteiger partial charge in [-0.1, -0.05) is 24.3 Å². The Hall–Kier alpha value is -3.85. The third-order valence-corrected chi connectivity index (χ3v) is 8.66. The maximum atomic E-state index is 14.5. The van der Waals surface area contributed by atoms with E-state index in [4.69, 9.17) is 14.2 Å². The molecular weight excluding hydrogens is 526 g/mol. The van der Waals surface area contributed by atoms with E-state index in [1.54, 1.807) is 57.2 Å². The van der Waals surface area contributed by atoms with E-state index >= 15 is 0 Å². The lowest BCUT2D eigenvalue weighted by Gasteiger charge is -2.43. The third kappa shape index (κ3) is 4.94. The van der Waals surface area contributed by atoms with Gasteiger partial charge >= 0.3 is 0 Å². The van der Waals surface area contributed by atoms with Gasteiger partial charge in [0.05, 0.1) is 39.0 Å². The molecule has 1 saturated heterocycles. The number of para-hydroxylation sites is 2. The number of methoxy groups -OCH3 is 3. The van der Waals surface area contributed by atoms with Crippen LogP contribution in [0.5, 0.6) is 17.2 Å². The first-order valence-electron chi connectivity index (χ1n) is 13.3. The molecule has 0 saturated carbocycles. The fraction of sp³-hybridized carbons (Fsp3) is 0.355. The number of amides is 2. The Balaban J connectivity index is 1.52. The first-order valence-corrected chi connectivity index (χ1v) is 14.5. The zero-order chi connectivity index (χ0) is 28.4. The Morgan fingerprint density at radius 3 is 2.10 bits per heavy atom. The first-order chi connectivity index (χ1) is 19.4. The molecule has 0 bridgehead atoms. The van der Waals surface area contributed by atoms with Crippen molar-refractivity contribution in [1.82, 2.24) is 9.80 Å². The highest BCUT2D eigenvalue weighted by molar-refractivity contribution is 7.98. The molecule has 0 spiro atoms. The highest BCUT2D eigenvalue weighted by atomic mass is 32.2. The molecule has 210 valence electrons. The zero-order valence-electron chi connectivity index (χ0n) is 23.5. The molecule has 1 fully saturated rings. The summed E-state index contributed by atoms with van der Waals surface area (Å²) in [6.45, 7) is 2.48. The standard InChI is InChI=1S/C31H35N3O5S/c1-32-29(20-10-12-21(40-5)13-11-20)28(22-18-26(38-3)27(39-4)19-23(22)30(32)35)31(36)34-16-14-33(15-17-34)24-8-6-7-9-25(24)37-2/h6-13,18-19,28-29H,14-17H2,1-5H3. The van der Waals surface area contributed by atoms with Crippen LogP contribution >= 0.6 is 11.8 Å². The van der Waals surface area contributed by atoms with Crippen molar-refractivity contribution in [2.24, 2.45) is 0 Å². The summed E-state index contributed by atoms with van der Waals surface area (Å²) in [6.07, 6.45) is 2.03. The average molecular weight is 562 g/mol. The minimum absolute atomic E-state index is 0.00793. The van der Waals surface area contributed by atoms with E-state index in [1.807, 2.05) is 59.7 Å². The van der Waals surface area contributed by atoms with E-state index < -0.39 is 12.0 Å². The van der Waals surface area contributed by atoms with Gasteiger partial charge in [0.15, 0.2) is 11.5 Å². The van der Waals surface area contributed by atoms with Crippen LogP contribution in [0.2, 0.25) is 0 Å². The van der Waals surface area contributed by atoms with Crippen molar-refractivity contribution in [3.8, 4) is 17.2 Å². The Kier molecular flexibility index (Phi) is 8.12. The molecule has 0 radical (unpaired) electrons. The van der Waals surface area contributed by atoms with Gasteiger partial charge in [-0.3, -0.25) is 9.59 Å². The summed E-state index contributed by atoms with van der Waals surface area (Å²) >= 11 is 1.65. The van der Waals surface area contributed by atoms with Gasteiger partial charge in [-0.25, -0.2) is 0 Å². The Bertz CT molecular complexity index is 1390. The molecule has 0 aliphatic carbocycles. The molecule has 5 rings (SSSR count). The van der Waals surface area contributed by atoms with Gasteiger partial charge < -0.3 is 28.9 Å². The van der Waals surface area contributed by atoms with Crippen molar-refractivity contribution in [1.29, 1.82) is 0 Å². The number of hydrogen-bond acceptors (Lipinski definition) is 7. The number of benzene rings is 3. The van der Waals surface area contributed by atoms with Crippen LogP contribution in [0, 0.1) is 0 Å². The fourth-order valence-corrected chi connectivity index (χ4v) is 6.20. The minimum atomic E-state index is -0.601. The van der Waals surface area contributed by atoms with Crippen molar-refractivity contribution < 1.29 is 23.8 Å². The van der Waals surface area contributed by atoms with Crippen LogP contribution in [0.3, 0.4) is 0 Å². The molecule has 2 amide bonds. The second-order valence-electron chi connectivity index (χ2n) is 9.89. The first kappa shape index (κ1) is 27.7. The van der Waals surface area contributed by atoms with Crippen LogP contribution in [0.15, 0.2) is 65.6 Å². The number of piperazine rings is 1. The van der Waals surface area contributed by atoms with Gasteiger partial charge in [-0.05, 0) is 53.8 Å². The van der Waals surface area contributed by atoms with Gasteiger partial charge in [0.25, 0.3) is 5.91 Å². The van der Waals surface area contributed by atoms with Crippen molar-refractivity contribution in [2.45, 2.75) is 16.9 Å². The summed E-state index contributed by atoms with van der Waals surface area (Å²) in [5.41, 5.74) is 3.06. The van der Waals surface area contributed by atoms with E-state index in [-0.39, 0.29) is 11.8 Å². The molecule has 40 heavy (non-hydrogen) atoms. The number of carbonyl (C=O) groups excluding carboxylic acids is 2. The molecule has 2 aliphatic rings. The molecule has 2 unspecified atom stereocenters. The third-order valence-electron chi connectivity index (χ3n) is 7.92.